The zero-order chi connectivity index (χ0) is 23.2. The summed E-state index contributed by atoms with van der Waals surface area (Å²) >= 11 is 1.36. The molecule has 0 spiro atoms. The summed E-state index contributed by atoms with van der Waals surface area (Å²) in [4.78, 5) is 12.6. The first kappa shape index (κ1) is 22.6. The third-order valence-corrected chi connectivity index (χ3v) is 6.10. The lowest BCUT2D eigenvalue weighted by atomic mass is 10.1. The van der Waals surface area contributed by atoms with Crippen molar-refractivity contribution >= 4 is 23.5 Å². The number of ether oxygens (including phenoxy) is 1. The van der Waals surface area contributed by atoms with Gasteiger partial charge in [0.1, 0.15) is 11.6 Å². The van der Waals surface area contributed by atoms with Crippen LogP contribution in [-0.2, 0) is 24.8 Å². The van der Waals surface area contributed by atoms with E-state index in [4.69, 9.17) is 4.74 Å². The van der Waals surface area contributed by atoms with Gasteiger partial charge in [-0.2, -0.15) is 5.10 Å². The van der Waals surface area contributed by atoms with Gasteiger partial charge in [0.2, 0.25) is 5.91 Å². The predicted octanol–water partition coefficient (Wildman–Crippen LogP) is 3.97. The molecule has 4 aromatic rings. The van der Waals surface area contributed by atoms with E-state index in [1.54, 1.807) is 18.8 Å². The Bertz CT molecular complexity index is 1230. The first-order valence-corrected chi connectivity index (χ1v) is 11.6. The number of aryl methyl sites for hydroxylation is 3. The van der Waals surface area contributed by atoms with Crippen molar-refractivity contribution < 1.29 is 9.53 Å². The second kappa shape index (κ2) is 10.4. The van der Waals surface area contributed by atoms with Crippen LogP contribution in [0.15, 0.2) is 65.8 Å². The van der Waals surface area contributed by atoms with Gasteiger partial charge in [-0.1, -0.05) is 54.2 Å². The smallest absolute Gasteiger partial charge is 0.235 e. The fraction of sp³-hybridized carbons (Fsp3) is 0.250. The molecule has 0 saturated heterocycles. The van der Waals surface area contributed by atoms with Gasteiger partial charge in [0.15, 0.2) is 11.0 Å². The minimum absolute atomic E-state index is 0.126. The molecule has 4 rings (SSSR count). The number of aromatic nitrogens is 5. The lowest BCUT2D eigenvalue weighted by molar-refractivity contribution is -0.113. The lowest BCUT2D eigenvalue weighted by Gasteiger charge is -2.12. The van der Waals surface area contributed by atoms with Crippen molar-refractivity contribution in [3.05, 3.63) is 71.9 Å². The first-order chi connectivity index (χ1) is 16.0. The number of hydrogen-bond acceptors (Lipinski definition) is 6. The maximum Gasteiger partial charge on any atom is 0.235 e. The maximum absolute atomic E-state index is 12.6. The Labute approximate surface area is 197 Å². The number of rotatable bonds is 9. The van der Waals surface area contributed by atoms with Gasteiger partial charge in [-0.15, -0.1) is 10.2 Å². The van der Waals surface area contributed by atoms with Gasteiger partial charge in [0.05, 0.1) is 24.1 Å². The van der Waals surface area contributed by atoms with Crippen molar-refractivity contribution in [1.82, 2.24) is 24.5 Å². The quantitative estimate of drug-likeness (QED) is 0.379. The van der Waals surface area contributed by atoms with E-state index in [0.717, 1.165) is 23.4 Å². The Hall–Kier alpha value is -3.59. The highest BCUT2D eigenvalue weighted by molar-refractivity contribution is 7.99. The molecule has 0 bridgehead atoms. The molecular formula is C24H26N6O2S. The van der Waals surface area contributed by atoms with Crippen molar-refractivity contribution in [3.63, 3.8) is 0 Å². The predicted molar refractivity (Wildman–Crippen MR) is 129 cm³/mol. The zero-order valence-electron chi connectivity index (χ0n) is 18.9. The van der Waals surface area contributed by atoms with Crippen LogP contribution in [0.1, 0.15) is 11.3 Å². The SMILES string of the molecule is COc1ccccc1-c1nnc(SCC(=O)Nc2cc(C)nn2C)n1CCc1ccccc1. The molecule has 0 aliphatic heterocycles. The van der Waals surface area contributed by atoms with E-state index in [9.17, 15) is 4.79 Å². The maximum atomic E-state index is 12.6. The molecule has 2 aromatic carbocycles. The normalized spacial score (nSPS) is 10.9. The van der Waals surface area contributed by atoms with Crippen molar-refractivity contribution in [2.24, 2.45) is 7.05 Å². The van der Waals surface area contributed by atoms with Gasteiger partial charge < -0.3 is 14.6 Å². The van der Waals surface area contributed by atoms with Crippen molar-refractivity contribution in [1.29, 1.82) is 0 Å². The number of benzene rings is 2. The average Bonchev–Trinajstić information content (AvgIpc) is 3.38. The topological polar surface area (TPSA) is 86.9 Å². The molecule has 0 aliphatic rings. The number of carbonyl (C=O) groups is 1. The molecule has 8 nitrogen and oxygen atoms in total. The lowest BCUT2D eigenvalue weighted by Crippen LogP contribution is -2.17. The van der Waals surface area contributed by atoms with Crippen LogP contribution in [0, 0.1) is 6.92 Å². The Morgan fingerprint density at radius 3 is 2.58 bits per heavy atom. The van der Waals surface area contributed by atoms with E-state index in [0.29, 0.717) is 23.3 Å². The standard InChI is InChI=1S/C24H26N6O2S/c1-17-15-21(29(2)28-17)25-22(31)16-33-24-27-26-23(19-11-7-8-12-20(19)32-3)30(24)14-13-18-9-5-4-6-10-18/h4-12,15H,13-14,16H2,1-3H3,(H,25,31). The zero-order valence-corrected chi connectivity index (χ0v) is 19.7. The molecule has 0 radical (unpaired) electrons. The number of nitrogens with zero attached hydrogens (tertiary/aromatic N) is 5. The summed E-state index contributed by atoms with van der Waals surface area (Å²) in [5.41, 5.74) is 2.93. The first-order valence-electron chi connectivity index (χ1n) is 10.6. The third kappa shape index (κ3) is 5.43. The average molecular weight is 463 g/mol. The van der Waals surface area contributed by atoms with Crippen LogP contribution in [0.25, 0.3) is 11.4 Å². The van der Waals surface area contributed by atoms with E-state index in [1.807, 2.05) is 55.5 Å². The molecular weight excluding hydrogens is 436 g/mol. The van der Waals surface area contributed by atoms with Gasteiger partial charge >= 0.3 is 0 Å². The van der Waals surface area contributed by atoms with Crippen LogP contribution >= 0.6 is 11.8 Å². The van der Waals surface area contributed by atoms with Crippen LogP contribution in [0.4, 0.5) is 5.82 Å². The van der Waals surface area contributed by atoms with Gasteiger partial charge in [-0.05, 0) is 31.0 Å². The molecule has 0 saturated carbocycles. The molecule has 170 valence electrons. The molecule has 33 heavy (non-hydrogen) atoms. The van der Waals surface area contributed by atoms with Crippen molar-refractivity contribution in [2.75, 3.05) is 18.2 Å². The van der Waals surface area contributed by atoms with Crippen LogP contribution in [0.2, 0.25) is 0 Å². The summed E-state index contributed by atoms with van der Waals surface area (Å²) in [5, 5.41) is 16.7. The van der Waals surface area contributed by atoms with E-state index in [2.05, 4.69) is 37.3 Å². The molecule has 0 atom stereocenters. The van der Waals surface area contributed by atoms with Crippen LogP contribution < -0.4 is 10.1 Å². The summed E-state index contributed by atoms with van der Waals surface area (Å²) in [7, 11) is 3.44. The van der Waals surface area contributed by atoms with Crippen LogP contribution in [-0.4, -0.2) is 43.3 Å². The van der Waals surface area contributed by atoms with Crippen molar-refractivity contribution in [3.8, 4) is 17.1 Å². The highest BCUT2D eigenvalue weighted by Crippen LogP contribution is 2.31. The summed E-state index contributed by atoms with van der Waals surface area (Å²) in [6.07, 6.45) is 0.815. The number of nitrogens with one attached hydrogen (secondary N) is 1. The Morgan fingerprint density at radius 1 is 1.09 bits per heavy atom. The molecule has 2 aromatic heterocycles. The molecule has 0 fully saturated rings. The van der Waals surface area contributed by atoms with Crippen LogP contribution in [0.3, 0.4) is 0 Å². The Balaban J connectivity index is 1.55. The number of anilines is 1. The van der Waals surface area contributed by atoms with E-state index in [-0.39, 0.29) is 11.7 Å². The molecule has 2 heterocycles. The van der Waals surface area contributed by atoms with Gasteiger partial charge in [-0.25, -0.2) is 0 Å². The third-order valence-electron chi connectivity index (χ3n) is 5.13. The summed E-state index contributed by atoms with van der Waals surface area (Å²) in [6, 6.07) is 19.8. The second-order valence-corrected chi connectivity index (χ2v) is 8.47. The fourth-order valence-corrected chi connectivity index (χ4v) is 4.31. The Morgan fingerprint density at radius 2 is 1.85 bits per heavy atom. The Kier molecular flexibility index (Phi) is 7.09. The molecule has 0 unspecified atom stereocenters. The van der Waals surface area contributed by atoms with Gasteiger partial charge in [0.25, 0.3) is 0 Å². The minimum Gasteiger partial charge on any atom is -0.496 e. The largest absolute Gasteiger partial charge is 0.496 e. The van der Waals surface area contributed by atoms with Crippen LogP contribution in [0.5, 0.6) is 5.75 Å². The van der Waals surface area contributed by atoms with Gasteiger partial charge in [0, 0.05) is 19.7 Å². The molecule has 1 N–H and O–H groups in total. The van der Waals surface area contributed by atoms with E-state index >= 15 is 0 Å². The van der Waals surface area contributed by atoms with Crippen molar-refractivity contribution in [2.45, 2.75) is 25.0 Å². The number of amides is 1. The fourth-order valence-electron chi connectivity index (χ4n) is 3.55. The number of hydrogen-bond donors (Lipinski definition) is 1. The minimum atomic E-state index is -0.126. The number of thioether (sulfide) groups is 1. The summed E-state index contributed by atoms with van der Waals surface area (Å²) in [6.45, 7) is 2.56. The summed E-state index contributed by atoms with van der Waals surface area (Å²) in [5.74, 6) is 2.19. The monoisotopic (exact) mass is 462 g/mol. The van der Waals surface area contributed by atoms with Gasteiger partial charge in [-0.3, -0.25) is 9.48 Å². The molecule has 9 heteroatoms. The second-order valence-electron chi connectivity index (χ2n) is 7.53. The highest BCUT2D eigenvalue weighted by atomic mass is 32.2. The summed E-state index contributed by atoms with van der Waals surface area (Å²) < 4.78 is 9.25. The highest BCUT2D eigenvalue weighted by Gasteiger charge is 2.19. The number of methoxy groups -OCH3 is 1. The molecule has 0 aliphatic carbocycles. The number of para-hydroxylation sites is 1. The molecule has 1 amide bonds. The van der Waals surface area contributed by atoms with E-state index in [1.165, 1.54) is 17.3 Å². The number of carbonyl (C=O) groups excluding carboxylic acids is 1. The van der Waals surface area contributed by atoms with E-state index < -0.39 is 0 Å².